The van der Waals surface area contributed by atoms with E-state index in [9.17, 15) is 18.3 Å². The van der Waals surface area contributed by atoms with Gasteiger partial charge in [-0.1, -0.05) is 36.0 Å². The van der Waals surface area contributed by atoms with Gasteiger partial charge in [-0.25, -0.2) is 9.67 Å². The van der Waals surface area contributed by atoms with Crippen molar-refractivity contribution in [2.24, 2.45) is 10.2 Å². The van der Waals surface area contributed by atoms with Crippen molar-refractivity contribution >= 4 is 28.8 Å². The summed E-state index contributed by atoms with van der Waals surface area (Å²) < 4.78 is 44.6. The summed E-state index contributed by atoms with van der Waals surface area (Å²) in [6.45, 7) is -0.549. The van der Waals surface area contributed by atoms with Crippen molar-refractivity contribution in [1.82, 2.24) is 14.8 Å². The fourth-order valence-electron chi connectivity index (χ4n) is 3.66. The van der Waals surface area contributed by atoms with Crippen molar-refractivity contribution in [3.05, 3.63) is 97.1 Å². The Balaban J connectivity index is 0.00000220. The summed E-state index contributed by atoms with van der Waals surface area (Å²) in [5.41, 5.74) is 0.901. The van der Waals surface area contributed by atoms with E-state index in [1.807, 2.05) is 24.3 Å². The molecule has 0 bridgehead atoms. The third-order valence-electron chi connectivity index (χ3n) is 5.46. The molecule has 1 unspecified atom stereocenters. The molecule has 1 aliphatic rings. The van der Waals surface area contributed by atoms with E-state index in [2.05, 4.69) is 31.1 Å². The molecule has 1 atom stereocenters. The molecule has 1 fully saturated rings. The van der Waals surface area contributed by atoms with E-state index in [1.165, 1.54) is 51.9 Å². The van der Waals surface area contributed by atoms with Gasteiger partial charge in [-0.15, -0.1) is 16.3 Å². The first kappa shape index (κ1) is 32.1. The standard InChI is InChI=1S/C26H19F3N6O2S.2Hf/c1-26(36)15-38-25(35(26)22-5-3-2-4-21(22)27)32-31-14-17-6-8-18(9-7-17)23-30-16-34(33-23)19-10-12-20(13-11-19)37-24(28)29;;/h2-4,6-14,16,36H,15H2,1H3;;/q-2;;/b31-14+,32-25-;;. The van der Waals surface area contributed by atoms with Crippen molar-refractivity contribution in [2.75, 3.05) is 10.7 Å². The quantitative estimate of drug-likeness (QED) is 0.118. The van der Waals surface area contributed by atoms with Crippen LogP contribution < -0.4 is 9.64 Å². The zero-order valence-corrected chi connectivity index (χ0v) is 28.8. The second-order valence-electron chi connectivity index (χ2n) is 8.29. The summed E-state index contributed by atoms with van der Waals surface area (Å²) in [7, 11) is 0. The summed E-state index contributed by atoms with van der Waals surface area (Å²) in [5.74, 6) is 0.269. The van der Waals surface area contributed by atoms with E-state index in [-0.39, 0.29) is 63.1 Å². The molecular formula is C26H19F3Hf2N6O2S-2. The molecular weight excluding hydrogens is 874 g/mol. The number of rotatable bonds is 7. The Kier molecular flexibility index (Phi) is 11.2. The van der Waals surface area contributed by atoms with Crippen LogP contribution >= 0.6 is 11.8 Å². The van der Waals surface area contributed by atoms with Crippen LogP contribution in [0, 0.1) is 18.5 Å². The van der Waals surface area contributed by atoms with Crippen LogP contribution in [0.15, 0.2) is 83.3 Å². The average molecular weight is 894 g/mol. The number of thioether (sulfide) groups is 1. The minimum absolute atomic E-state index is 0. The molecule has 0 radical (unpaired) electrons. The maximum atomic E-state index is 14.3. The molecule has 14 heteroatoms. The summed E-state index contributed by atoms with van der Waals surface area (Å²) in [5, 5.41) is 23.8. The second kappa shape index (κ2) is 14.0. The Morgan fingerprint density at radius 2 is 1.85 bits per heavy atom. The molecule has 2 heterocycles. The molecule has 1 aromatic heterocycles. The van der Waals surface area contributed by atoms with Crippen LogP contribution in [0.2, 0.25) is 0 Å². The Labute approximate surface area is 269 Å². The number of hydrogen-bond donors (Lipinski definition) is 1. The average Bonchev–Trinajstić information content (AvgIpc) is 3.50. The van der Waals surface area contributed by atoms with E-state index in [0.717, 1.165) is 11.1 Å². The number of para-hydroxylation sites is 1. The minimum atomic E-state index is -2.13. The second-order valence-corrected chi connectivity index (χ2v) is 9.23. The molecule has 5 rings (SSSR count). The van der Waals surface area contributed by atoms with E-state index >= 15 is 0 Å². The molecule has 0 saturated carbocycles. The first-order valence-electron chi connectivity index (χ1n) is 11.2. The van der Waals surface area contributed by atoms with Gasteiger partial charge in [0.15, 0.2) is 17.6 Å². The summed E-state index contributed by atoms with van der Waals surface area (Å²) >= 11 is 1.26. The number of aromatic nitrogens is 3. The first-order valence-corrected chi connectivity index (χ1v) is 12.2. The van der Waals surface area contributed by atoms with Gasteiger partial charge in [0, 0.05) is 68.8 Å². The zero-order chi connectivity index (χ0) is 26.7. The predicted octanol–water partition coefficient (Wildman–Crippen LogP) is 5.29. The Hall–Kier alpha value is -2.42. The third kappa shape index (κ3) is 7.45. The van der Waals surface area contributed by atoms with Crippen molar-refractivity contribution in [2.45, 2.75) is 12.6 Å². The van der Waals surface area contributed by atoms with Gasteiger partial charge in [-0.05, 0) is 42.4 Å². The Morgan fingerprint density at radius 1 is 1.12 bits per heavy atom. The third-order valence-corrected chi connectivity index (χ3v) is 6.68. The van der Waals surface area contributed by atoms with Crippen LogP contribution in [0.3, 0.4) is 0 Å². The zero-order valence-electron chi connectivity index (χ0n) is 20.8. The van der Waals surface area contributed by atoms with Gasteiger partial charge in [0.2, 0.25) is 0 Å². The van der Waals surface area contributed by atoms with Gasteiger partial charge in [0.05, 0.1) is 17.7 Å². The van der Waals surface area contributed by atoms with Gasteiger partial charge in [-0.2, -0.15) is 23.3 Å². The molecule has 0 amide bonds. The van der Waals surface area contributed by atoms with Crippen LogP contribution in [0.5, 0.6) is 5.75 Å². The van der Waals surface area contributed by atoms with Crippen molar-refractivity contribution in [3.8, 4) is 22.8 Å². The maximum Gasteiger partial charge on any atom is 0.190 e. The van der Waals surface area contributed by atoms with Gasteiger partial charge >= 0.3 is 0 Å². The summed E-state index contributed by atoms with van der Waals surface area (Å²) in [6.07, 6.45) is 3.06. The fraction of sp³-hybridized carbons (Fsp3) is 0.115. The van der Waals surface area contributed by atoms with Crippen LogP contribution in [0.1, 0.15) is 12.5 Å². The maximum absolute atomic E-state index is 14.3. The Morgan fingerprint density at radius 3 is 2.52 bits per heavy atom. The Bertz CT molecular complexity index is 1480. The number of aliphatic hydroxyl groups is 1. The predicted molar refractivity (Wildman–Crippen MR) is 139 cm³/mol. The van der Waals surface area contributed by atoms with E-state index in [1.54, 1.807) is 31.3 Å². The van der Waals surface area contributed by atoms with Crippen molar-refractivity contribution in [3.63, 3.8) is 0 Å². The van der Waals surface area contributed by atoms with Crippen molar-refractivity contribution in [1.29, 1.82) is 0 Å². The van der Waals surface area contributed by atoms with Crippen LogP contribution in [0.4, 0.5) is 18.9 Å². The van der Waals surface area contributed by atoms with Gasteiger partial charge in [0.1, 0.15) is 12.1 Å². The number of anilines is 1. The first-order chi connectivity index (χ1) is 18.3. The number of benzene rings is 3. The molecule has 0 spiro atoms. The monoisotopic (exact) mass is 896 g/mol. The van der Waals surface area contributed by atoms with Crippen LogP contribution in [0.25, 0.3) is 17.1 Å². The molecule has 40 heavy (non-hydrogen) atoms. The number of ether oxygens (including phenoxy) is 1. The minimum Gasteiger partial charge on any atom is -0.599 e. The van der Waals surface area contributed by atoms with Gasteiger partial charge < -0.3 is 23.5 Å². The topological polar surface area (TPSA) is 88.1 Å². The normalized spacial score (nSPS) is 17.8. The van der Waals surface area contributed by atoms with E-state index in [0.29, 0.717) is 22.4 Å². The van der Waals surface area contributed by atoms with Crippen molar-refractivity contribution < 1.29 is 74.7 Å². The van der Waals surface area contributed by atoms with Gasteiger partial charge in [-0.3, -0.25) is 4.39 Å². The largest absolute Gasteiger partial charge is 0.599 e. The molecule has 1 N–H and O–H groups in total. The molecule has 202 valence electrons. The number of nitrogens with zero attached hydrogens (tertiary/aromatic N) is 6. The van der Waals surface area contributed by atoms with E-state index < -0.39 is 18.2 Å². The molecule has 8 nitrogen and oxygen atoms in total. The molecule has 0 aliphatic carbocycles. The van der Waals surface area contributed by atoms with Crippen LogP contribution in [-0.2, 0) is 51.7 Å². The number of hydrogen-bond acceptors (Lipinski definition) is 7. The van der Waals surface area contributed by atoms with Crippen LogP contribution in [-0.4, -0.2) is 42.7 Å². The number of amidine groups is 1. The molecule has 1 saturated heterocycles. The number of halogens is 3. The fourth-order valence-corrected chi connectivity index (χ4v) is 4.72. The molecule has 4 aromatic rings. The summed E-state index contributed by atoms with van der Waals surface area (Å²) in [4.78, 5) is 5.69. The van der Waals surface area contributed by atoms with E-state index in [4.69, 9.17) is 0 Å². The SMILES string of the molecule is CC1(O)CS/C(=N\N=C\c2ccc(-c3ncn(-c4ccc(O[C-](F)F)cc4)n3)cc2)N1c1[c-]cccc1F.[Hf].[Hf]. The summed E-state index contributed by atoms with van der Waals surface area (Å²) in [6, 6.07) is 20.5. The molecule has 1 aliphatic heterocycles. The van der Waals surface area contributed by atoms with Gasteiger partial charge in [0.25, 0.3) is 0 Å². The smallest absolute Gasteiger partial charge is 0.190 e. The molecule has 3 aromatic carbocycles.